The third-order valence-electron chi connectivity index (χ3n) is 8.05. The van der Waals surface area contributed by atoms with Gasteiger partial charge >= 0.3 is 18.2 Å². The lowest BCUT2D eigenvalue weighted by molar-refractivity contribution is -0.329. The van der Waals surface area contributed by atoms with Crippen LogP contribution in [-0.4, -0.2) is 104 Å². The molecule has 0 aliphatic carbocycles. The van der Waals surface area contributed by atoms with E-state index in [0.717, 1.165) is 10.5 Å². The predicted octanol–water partition coefficient (Wildman–Crippen LogP) is 2.57. The zero-order valence-electron chi connectivity index (χ0n) is 24.7. The van der Waals surface area contributed by atoms with E-state index in [2.05, 4.69) is 0 Å². The largest absolute Gasteiger partial charge is 0.509 e. The van der Waals surface area contributed by atoms with Gasteiger partial charge in [-0.3, -0.25) is 4.79 Å². The molecule has 4 heterocycles. The van der Waals surface area contributed by atoms with Crippen LogP contribution in [0.5, 0.6) is 0 Å². The van der Waals surface area contributed by atoms with Crippen LogP contribution in [0.1, 0.15) is 29.8 Å². The number of carbonyl (C=O) groups is 4. The van der Waals surface area contributed by atoms with E-state index in [0.29, 0.717) is 5.56 Å². The number of esters is 1. The second-order valence-electron chi connectivity index (χ2n) is 11.0. The molecule has 4 aliphatic heterocycles. The van der Waals surface area contributed by atoms with Crippen LogP contribution < -0.4 is 0 Å². The Balaban J connectivity index is 1.24. The van der Waals surface area contributed by atoms with E-state index in [1.807, 2.05) is 30.3 Å². The lowest BCUT2D eigenvalue weighted by Crippen LogP contribution is -2.65. The fraction of sp³-hybridized carbons (Fsp3) is 0.484. The second kappa shape index (κ2) is 13.1. The first-order valence-corrected chi connectivity index (χ1v) is 14.5. The van der Waals surface area contributed by atoms with Gasteiger partial charge in [0.1, 0.15) is 18.2 Å². The predicted molar refractivity (Wildman–Crippen MR) is 148 cm³/mol. The van der Waals surface area contributed by atoms with Crippen LogP contribution in [0.15, 0.2) is 60.7 Å². The zero-order chi connectivity index (χ0) is 31.7. The zero-order valence-corrected chi connectivity index (χ0v) is 24.7. The van der Waals surface area contributed by atoms with Crippen LogP contribution in [-0.2, 0) is 54.0 Å². The van der Waals surface area contributed by atoms with Crippen molar-refractivity contribution in [2.45, 2.75) is 81.8 Å². The molecule has 0 N–H and O–H groups in total. The Morgan fingerprint density at radius 3 is 2.22 bits per heavy atom. The Kier molecular flexibility index (Phi) is 9.01. The van der Waals surface area contributed by atoms with Crippen LogP contribution >= 0.6 is 0 Å². The summed E-state index contributed by atoms with van der Waals surface area (Å²) in [5.41, 5.74) is 1.22. The van der Waals surface area contributed by atoms with Gasteiger partial charge in [0.05, 0.1) is 24.9 Å². The van der Waals surface area contributed by atoms with Gasteiger partial charge in [0.2, 0.25) is 5.91 Å². The first-order chi connectivity index (χ1) is 21.7. The minimum Gasteiger partial charge on any atom is -0.452 e. The molecule has 14 heteroatoms. The number of methoxy groups -OCH3 is 1. The van der Waals surface area contributed by atoms with Gasteiger partial charge in [-0.15, -0.1) is 0 Å². The van der Waals surface area contributed by atoms with E-state index in [-0.39, 0.29) is 13.2 Å². The number of hydrogen-bond donors (Lipinski definition) is 0. The van der Waals surface area contributed by atoms with Gasteiger partial charge in [-0.05, 0) is 24.6 Å². The molecular formula is C31H33NO13. The van der Waals surface area contributed by atoms with Crippen LogP contribution in [0, 0.1) is 0 Å². The summed E-state index contributed by atoms with van der Waals surface area (Å²) in [5.74, 6) is -1.21. The summed E-state index contributed by atoms with van der Waals surface area (Å²) in [6.07, 6.45) is -11.3. The maximum Gasteiger partial charge on any atom is 0.509 e. The highest BCUT2D eigenvalue weighted by Crippen LogP contribution is 2.39. The SMILES string of the molecule is CO[C@H]1O[C@H](COCc2ccccc2)[C@@H](O[C@@H]2O[C@@H](C)[C@H](OC(=O)c3ccccc3)[C@H]3OC(=O)O[C@@H]23)[C@@H]2OC(=O)N(C(C)=O)[C@@H]12. The summed E-state index contributed by atoms with van der Waals surface area (Å²) >= 11 is 0. The second-order valence-corrected chi connectivity index (χ2v) is 11.0. The summed E-state index contributed by atoms with van der Waals surface area (Å²) in [7, 11) is 1.38. The van der Waals surface area contributed by atoms with E-state index in [1.54, 1.807) is 37.3 Å². The highest BCUT2D eigenvalue weighted by molar-refractivity contribution is 5.92. The number of ether oxygens (including phenoxy) is 9. The minimum atomic E-state index is -1.27. The molecule has 240 valence electrons. The van der Waals surface area contributed by atoms with E-state index >= 15 is 0 Å². The van der Waals surface area contributed by atoms with Crippen LogP contribution in [0.25, 0.3) is 0 Å². The topological polar surface area (TPSA) is 155 Å². The molecule has 6 rings (SSSR count). The van der Waals surface area contributed by atoms with E-state index in [1.165, 1.54) is 14.0 Å². The fourth-order valence-electron chi connectivity index (χ4n) is 5.97. The molecule has 4 saturated heterocycles. The summed E-state index contributed by atoms with van der Waals surface area (Å²) < 4.78 is 52.4. The van der Waals surface area contributed by atoms with Gasteiger partial charge in [-0.25, -0.2) is 19.3 Å². The molecule has 0 saturated carbocycles. The average molecular weight is 628 g/mol. The van der Waals surface area contributed by atoms with Gasteiger partial charge in [0.15, 0.2) is 37.0 Å². The molecule has 14 nitrogen and oxygen atoms in total. The Bertz CT molecular complexity index is 1390. The highest BCUT2D eigenvalue weighted by atomic mass is 16.8. The molecule has 4 aliphatic rings. The Morgan fingerprint density at radius 2 is 1.53 bits per heavy atom. The van der Waals surface area contributed by atoms with E-state index < -0.39 is 85.5 Å². The molecule has 0 aromatic heterocycles. The molecule has 4 fully saturated rings. The van der Waals surface area contributed by atoms with E-state index in [9.17, 15) is 19.2 Å². The molecule has 0 spiro atoms. The Morgan fingerprint density at radius 1 is 0.844 bits per heavy atom. The summed E-state index contributed by atoms with van der Waals surface area (Å²) in [4.78, 5) is 51.4. The smallest absolute Gasteiger partial charge is 0.452 e. The lowest BCUT2D eigenvalue weighted by Gasteiger charge is -2.45. The maximum absolute atomic E-state index is 12.9. The number of amides is 2. The minimum absolute atomic E-state index is 0.0236. The fourth-order valence-corrected chi connectivity index (χ4v) is 5.97. The van der Waals surface area contributed by atoms with Crippen molar-refractivity contribution >= 4 is 24.1 Å². The molecule has 45 heavy (non-hydrogen) atoms. The normalized spacial score (nSPS) is 33.8. The number of imide groups is 1. The monoisotopic (exact) mass is 627 g/mol. The average Bonchev–Trinajstić information content (AvgIpc) is 3.60. The molecule has 0 bridgehead atoms. The quantitative estimate of drug-likeness (QED) is 0.296. The molecule has 10 atom stereocenters. The number of fused-ring (bicyclic) bond motifs is 2. The van der Waals surface area contributed by atoms with Crippen LogP contribution in [0.2, 0.25) is 0 Å². The Labute approximate surface area is 258 Å². The summed E-state index contributed by atoms with van der Waals surface area (Å²) in [5, 5.41) is 0. The van der Waals surface area contributed by atoms with Crippen molar-refractivity contribution in [2.75, 3.05) is 13.7 Å². The highest BCUT2D eigenvalue weighted by Gasteiger charge is 2.62. The van der Waals surface area contributed by atoms with Gasteiger partial charge < -0.3 is 42.6 Å². The van der Waals surface area contributed by atoms with Crippen molar-refractivity contribution in [3.63, 3.8) is 0 Å². The van der Waals surface area contributed by atoms with Crippen molar-refractivity contribution in [1.82, 2.24) is 4.90 Å². The van der Waals surface area contributed by atoms with E-state index in [4.69, 9.17) is 42.6 Å². The van der Waals surface area contributed by atoms with Crippen molar-refractivity contribution in [3.8, 4) is 0 Å². The molecule has 0 unspecified atom stereocenters. The molecule has 0 radical (unpaired) electrons. The number of nitrogens with zero attached hydrogens (tertiary/aromatic N) is 1. The Hall–Kier alpha value is -4.08. The van der Waals surface area contributed by atoms with Crippen molar-refractivity contribution in [1.29, 1.82) is 0 Å². The van der Waals surface area contributed by atoms with Crippen molar-refractivity contribution < 1.29 is 61.8 Å². The molecule has 2 aromatic carbocycles. The van der Waals surface area contributed by atoms with Gasteiger partial charge in [-0.2, -0.15) is 0 Å². The molecule has 2 amide bonds. The first-order valence-electron chi connectivity index (χ1n) is 14.5. The number of rotatable bonds is 9. The third kappa shape index (κ3) is 6.24. The molecule has 2 aromatic rings. The molecular weight excluding hydrogens is 594 g/mol. The van der Waals surface area contributed by atoms with Crippen molar-refractivity contribution in [2.24, 2.45) is 0 Å². The van der Waals surface area contributed by atoms with Gasteiger partial charge in [-0.1, -0.05) is 48.5 Å². The third-order valence-corrected chi connectivity index (χ3v) is 8.05. The summed E-state index contributed by atoms with van der Waals surface area (Å²) in [6.45, 7) is 3.09. The number of carbonyl (C=O) groups excluding carboxylic acids is 4. The van der Waals surface area contributed by atoms with Crippen LogP contribution in [0.3, 0.4) is 0 Å². The number of hydrogen-bond acceptors (Lipinski definition) is 13. The first kappa shape index (κ1) is 30.9. The van der Waals surface area contributed by atoms with Crippen molar-refractivity contribution in [3.05, 3.63) is 71.8 Å². The number of benzene rings is 2. The van der Waals surface area contributed by atoms with Crippen LogP contribution in [0.4, 0.5) is 9.59 Å². The summed E-state index contributed by atoms with van der Waals surface area (Å²) in [6, 6.07) is 16.8. The standard InChI is InChI=1S/C31H33NO13/c1-16-22(41-27(34)19-12-8-5-9-13-19)25-26(45-31(36)44-25)29(39-16)42-23-20(15-38-14-18-10-6-4-7-11-18)40-28(37-3)21-24(23)43-30(35)32(21)17(2)33/h4-13,16,20-26,28-29H,14-15H2,1-3H3/t16-,20+,21+,22-,23+,24+,25+,26+,28-,29-/m0/s1. The lowest BCUT2D eigenvalue weighted by atomic mass is 9.95. The van der Waals surface area contributed by atoms with Gasteiger partial charge in [0.25, 0.3) is 0 Å². The maximum atomic E-state index is 12.9. The van der Waals surface area contributed by atoms with Gasteiger partial charge in [0, 0.05) is 14.0 Å².